The van der Waals surface area contributed by atoms with Crippen LogP contribution in [0.1, 0.15) is 39.5 Å². The Morgan fingerprint density at radius 2 is 1.79 bits per heavy atom. The molecule has 156 valence electrons. The van der Waals surface area contributed by atoms with Crippen LogP contribution in [0.3, 0.4) is 0 Å². The van der Waals surface area contributed by atoms with Gasteiger partial charge in [-0.25, -0.2) is 4.79 Å². The molecule has 0 aromatic heterocycles. The van der Waals surface area contributed by atoms with Gasteiger partial charge in [0.15, 0.2) is 0 Å². The Morgan fingerprint density at radius 1 is 1.04 bits per heavy atom. The van der Waals surface area contributed by atoms with Gasteiger partial charge in [-0.3, -0.25) is 9.59 Å². The van der Waals surface area contributed by atoms with Crippen molar-refractivity contribution < 1.29 is 28.6 Å². The Kier molecular flexibility index (Phi) is 8.70. The average Bonchev–Trinajstić information content (AvgIpc) is 3.16. The fourth-order valence-corrected chi connectivity index (χ4v) is 3.37. The van der Waals surface area contributed by atoms with E-state index in [9.17, 15) is 14.4 Å². The summed E-state index contributed by atoms with van der Waals surface area (Å²) in [4.78, 5) is 38.5. The molecule has 7 nitrogen and oxygen atoms in total. The lowest BCUT2D eigenvalue weighted by Crippen LogP contribution is -2.41. The van der Waals surface area contributed by atoms with Crippen molar-refractivity contribution in [1.29, 1.82) is 0 Å². The number of fused-ring (bicyclic) bond motifs is 1. The summed E-state index contributed by atoms with van der Waals surface area (Å²) in [6, 6.07) is -0.505. The number of hydrogen-bond acceptors (Lipinski definition) is 6. The monoisotopic (exact) mass is 393 g/mol. The topological polar surface area (TPSA) is 82.1 Å². The van der Waals surface area contributed by atoms with Crippen molar-refractivity contribution in [3.8, 4) is 0 Å². The lowest BCUT2D eigenvalue weighted by atomic mass is 10.0. The van der Waals surface area contributed by atoms with Crippen LogP contribution in [0.4, 0.5) is 0 Å². The molecule has 0 radical (unpaired) electrons. The van der Waals surface area contributed by atoms with Gasteiger partial charge in [0.2, 0.25) is 5.91 Å². The van der Waals surface area contributed by atoms with Gasteiger partial charge in [-0.05, 0) is 12.8 Å². The number of esters is 2. The molecule has 2 rings (SSSR count). The van der Waals surface area contributed by atoms with Gasteiger partial charge in [-0.2, -0.15) is 0 Å². The van der Waals surface area contributed by atoms with Gasteiger partial charge in [0.1, 0.15) is 12.6 Å². The Morgan fingerprint density at radius 3 is 2.54 bits per heavy atom. The fraction of sp³-hybridized carbons (Fsp3) is 0.667. The highest BCUT2D eigenvalue weighted by molar-refractivity contribution is 5.85. The third kappa shape index (κ3) is 6.48. The van der Waals surface area contributed by atoms with Crippen LogP contribution in [0.15, 0.2) is 24.3 Å². The van der Waals surface area contributed by atoms with Crippen LogP contribution in [0.25, 0.3) is 0 Å². The van der Waals surface area contributed by atoms with E-state index in [-0.39, 0.29) is 61.8 Å². The molecule has 2 aliphatic rings. The van der Waals surface area contributed by atoms with Gasteiger partial charge in [0, 0.05) is 31.9 Å². The van der Waals surface area contributed by atoms with Crippen LogP contribution in [-0.2, 0) is 28.6 Å². The third-order valence-corrected chi connectivity index (χ3v) is 5.11. The van der Waals surface area contributed by atoms with Gasteiger partial charge in [0.25, 0.3) is 0 Å². The quantitative estimate of drug-likeness (QED) is 0.502. The van der Waals surface area contributed by atoms with Crippen LogP contribution in [-0.4, -0.2) is 61.8 Å². The van der Waals surface area contributed by atoms with Gasteiger partial charge in [0.05, 0.1) is 19.1 Å². The molecule has 0 aromatic carbocycles. The molecule has 0 bridgehead atoms. The maximum absolute atomic E-state index is 12.6. The van der Waals surface area contributed by atoms with Crippen molar-refractivity contribution in [3.63, 3.8) is 0 Å². The number of nitrogens with zero attached hydrogens (tertiary/aromatic N) is 1. The van der Waals surface area contributed by atoms with Crippen LogP contribution in [0.2, 0.25) is 0 Å². The number of carbonyl (C=O) groups is 3. The first-order valence-corrected chi connectivity index (χ1v) is 9.90. The second-order valence-corrected chi connectivity index (χ2v) is 7.43. The first-order valence-electron chi connectivity index (χ1n) is 9.90. The minimum Gasteiger partial charge on any atom is -0.464 e. The average molecular weight is 393 g/mol. The van der Waals surface area contributed by atoms with Gasteiger partial charge < -0.3 is 19.1 Å². The highest BCUT2D eigenvalue weighted by Crippen LogP contribution is 2.20. The molecule has 1 amide bonds. The second-order valence-electron chi connectivity index (χ2n) is 7.43. The van der Waals surface area contributed by atoms with Crippen molar-refractivity contribution in [2.75, 3.05) is 26.9 Å². The molecule has 1 unspecified atom stereocenters. The van der Waals surface area contributed by atoms with Crippen LogP contribution >= 0.6 is 0 Å². The van der Waals surface area contributed by atoms with E-state index in [1.165, 1.54) is 0 Å². The first-order chi connectivity index (χ1) is 13.4. The third-order valence-electron chi connectivity index (χ3n) is 5.11. The van der Waals surface area contributed by atoms with Crippen molar-refractivity contribution in [2.45, 2.75) is 51.7 Å². The smallest absolute Gasteiger partial charge is 0.328 e. The van der Waals surface area contributed by atoms with Crippen LogP contribution < -0.4 is 0 Å². The molecule has 0 spiro atoms. The second kappa shape index (κ2) is 11.0. The molecule has 2 heterocycles. The maximum Gasteiger partial charge on any atom is 0.328 e. The van der Waals surface area contributed by atoms with Crippen molar-refractivity contribution >= 4 is 17.8 Å². The zero-order valence-electron chi connectivity index (χ0n) is 17.0. The van der Waals surface area contributed by atoms with Gasteiger partial charge >= 0.3 is 11.9 Å². The predicted molar refractivity (Wildman–Crippen MR) is 103 cm³/mol. The number of cyclic esters (lactones) is 2. The van der Waals surface area contributed by atoms with E-state index in [1.54, 1.807) is 24.2 Å². The molecular formula is C21H31NO6. The standard InChI is InChI=1S/C21H31NO6/c1-15-7-4-11-20(24)27-14-18(26-3)16(2)8-5-10-19(23)22-12-6-9-17(22)21(25)28-13-15/h4-5,7-8,15-18H,6,9-14H2,1-3H3/b7-4+,8-5+/t15-,16-,17+,18?/m1/s1. The van der Waals surface area contributed by atoms with E-state index in [4.69, 9.17) is 14.2 Å². The van der Waals surface area contributed by atoms with Gasteiger partial charge in [-0.15, -0.1) is 0 Å². The molecule has 0 saturated carbocycles. The number of hydrogen-bond donors (Lipinski definition) is 0. The van der Waals surface area contributed by atoms with Crippen molar-refractivity contribution in [1.82, 2.24) is 4.90 Å². The molecule has 4 atom stereocenters. The van der Waals surface area contributed by atoms with Crippen LogP contribution in [0, 0.1) is 11.8 Å². The Balaban J connectivity index is 2.11. The SMILES string of the molecule is COC1COC(=O)C/C=C/[C@@H](C)COC(=O)[C@@H]2CCCN2C(=O)C/C=C/[C@H]1C. The summed E-state index contributed by atoms with van der Waals surface area (Å²) in [5, 5.41) is 0. The lowest BCUT2D eigenvalue weighted by Gasteiger charge is -2.23. The summed E-state index contributed by atoms with van der Waals surface area (Å²) in [5.41, 5.74) is 0. The molecule has 1 fully saturated rings. The van der Waals surface area contributed by atoms with Crippen molar-refractivity contribution in [2.24, 2.45) is 11.8 Å². The highest BCUT2D eigenvalue weighted by Gasteiger charge is 2.34. The number of ether oxygens (including phenoxy) is 3. The Labute approximate surface area is 166 Å². The lowest BCUT2D eigenvalue weighted by molar-refractivity contribution is -0.153. The molecule has 0 aromatic rings. The Bertz CT molecular complexity index is 614. The van der Waals surface area contributed by atoms with Crippen molar-refractivity contribution in [3.05, 3.63) is 24.3 Å². The molecule has 0 N–H and O–H groups in total. The molecular weight excluding hydrogens is 362 g/mol. The van der Waals surface area contributed by atoms with Gasteiger partial charge in [-0.1, -0.05) is 38.2 Å². The van der Waals surface area contributed by atoms with E-state index in [0.29, 0.717) is 13.0 Å². The minimum atomic E-state index is -0.505. The highest BCUT2D eigenvalue weighted by atomic mass is 16.6. The summed E-state index contributed by atoms with van der Waals surface area (Å²) in [5.74, 6) is -0.840. The maximum atomic E-state index is 12.6. The summed E-state index contributed by atoms with van der Waals surface area (Å²) in [6.45, 7) is 4.79. The summed E-state index contributed by atoms with van der Waals surface area (Å²) in [6.07, 6.45) is 8.73. The molecule has 0 aliphatic carbocycles. The Hall–Kier alpha value is -2.15. The largest absolute Gasteiger partial charge is 0.464 e. The predicted octanol–water partition coefficient (Wildman–Crippen LogP) is 2.26. The zero-order chi connectivity index (χ0) is 20.5. The molecule has 7 heteroatoms. The van der Waals surface area contributed by atoms with E-state index in [0.717, 1.165) is 6.42 Å². The summed E-state index contributed by atoms with van der Waals surface area (Å²) < 4.78 is 16.1. The number of methoxy groups -OCH3 is 1. The summed E-state index contributed by atoms with van der Waals surface area (Å²) in [7, 11) is 1.57. The minimum absolute atomic E-state index is 0.0283. The first kappa shape index (κ1) is 22.1. The molecule has 2 aliphatic heterocycles. The van der Waals surface area contributed by atoms with E-state index < -0.39 is 6.04 Å². The van der Waals surface area contributed by atoms with Crippen LogP contribution in [0.5, 0.6) is 0 Å². The zero-order valence-corrected chi connectivity index (χ0v) is 17.0. The van der Waals surface area contributed by atoms with E-state index in [2.05, 4.69) is 0 Å². The fourth-order valence-electron chi connectivity index (χ4n) is 3.37. The molecule has 28 heavy (non-hydrogen) atoms. The van der Waals surface area contributed by atoms with E-state index in [1.807, 2.05) is 26.0 Å². The van der Waals surface area contributed by atoms with E-state index >= 15 is 0 Å². The number of carbonyl (C=O) groups excluding carboxylic acids is 3. The molecule has 1 saturated heterocycles. The number of rotatable bonds is 1. The number of amides is 1. The normalized spacial score (nSPS) is 33.2. The summed E-state index contributed by atoms with van der Waals surface area (Å²) >= 11 is 0.